The van der Waals surface area contributed by atoms with Gasteiger partial charge in [0.25, 0.3) is 5.91 Å². The van der Waals surface area contributed by atoms with E-state index in [0.717, 1.165) is 23.3 Å². The summed E-state index contributed by atoms with van der Waals surface area (Å²) in [5, 5.41) is 14.8. The van der Waals surface area contributed by atoms with E-state index in [2.05, 4.69) is 10.5 Å². The van der Waals surface area contributed by atoms with E-state index in [9.17, 15) is 9.59 Å². The third kappa shape index (κ3) is 3.77. The second-order valence-electron chi connectivity index (χ2n) is 6.33. The van der Waals surface area contributed by atoms with Gasteiger partial charge in [-0.25, -0.2) is 0 Å². The van der Waals surface area contributed by atoms with E-state index in [1.165, 1.54) is 5.57 Å². The monoisotopic (exact) mass is 356 g/mol. The molecule has 0 saturated heterocycles. The van der Waals surface area contributed by atoms with Gasteiger partial charge in [-0.05, 0) is 56.5 Å². The Labute approximate surface area is 150 Å². The lowest BCUT2D eigenvalue weighted by Gasteiger charge is -2.16. The third-order valence-electron chi connectivity index (χ3n) is 4.11. The van der Waals surface area contributed by atoms with Crippen molar-refractivity contribution in [3.8, 4) is 17.1 Å². The number of hydrogen-bond donors (Lipinski definition) is 2. The number of fused-ring (bicyclic) bond motifs is 3. The topological polar surface area (TPSA) is 102 Å². The summed E-state index contributed by atoms with van der Waals surface area (Å²) < 4.78 is 11.1. The minimum Gasteiger partial charge on any atom is -0.490 e. The second-order valence-corrected chi connectivity index (χ2v) is 6.33. The van der Waals surface area contributed by atoms with E-state index in [1.54, 1.807) is 0 Å². The Hall–Kier alpha value is -3.09. The molecule has 26 heavy (non-hydrogen) atoms. The Kier molecular flexibility index (Phi) is 5.06. The number of nitrogens with one attached hydrogen (secondary N) is 1. The molecule has 2 N–H and O–H groups in total. The third-order valence-corrected chi connectivity index (χ3v) is 4.11. The molecule has 0 spiro atoms. The fraction of sp³-hybridized carbons (Fsp3) is 0.316. The Morgan fingerprint density at radius 2 is 2.15 bits per heavy atom. The summed E-state index contributed by atoms with van der Waals surface area (Å²) in [5.41, 5.74) is 4.00. The lowest BCUT2D eigenvalue weighted by Crippen LogP contribution is -2.30. The van der Waals surface area contributed by atoms with Crippen molar-refractivity contribution in [3.63, 3.8) is 0 Å². The van der Waals surface area contributed by atoms with Crippen molar-refractivity contribution in [2.45, 2.75) is 26.7 Å². The first kappa shape index (κ1) is 17.7. The minimum absolute atomic E-state index is 0.149. The average molecular weight is 356 g/mol. The van der Waals surface area contributed by atoms with E-state index in [4.69, 9.17) is 14.4 Å². The summed E-state index contributed by atoms with van der Waals surface area (Å²) in [6.07, 6.45) is 3.33. The number of ether oxygens (including phenoxy) is 1. The number of carbonyl (C=O) groups is 2. The van der Waals surface area contributed by atoms with Crippen LogP contribution in [0.2, 0.25) is 0 Å². The number of aliphatic carboxylic acids is 1. The molecule has 0 unspecified atom stereocenters. The summed E-state index contributed by atoms with van der Waals surface area (Å²) in [5.74, 6) is -0.310. The normalized spacial score (nSPS) is 11.9. The molecule has 1 aromatic carbocycles. The van der Waals surface area contributed by atoms with Crippen LogP contribution < -0.4 is 10.1 Å². The molecule has 0 saturated carbocycles. The highest BCUT2D eigenvalue weighted by atomic mass is 16.5. The summed E-state index contributed by atoms with van der Waals surface area (Å²) in [4.78, 5) is 22.7. The van der Waals surface area contributed by atoms with Gasteiger partial charge in [-0.15, -0.1) is 0 Å². The van der Waals surface area contributed by atoms with Crippen molar-refractivity contribution >= 4 is 11.9 Å². The number of carbonyl (C=O) groups excluding carboxylic acids is 1. The zero-order valence-corrected chi connectivity index (χ0v) is 14.7. The lowest BCUT2D eigenvalue weighted by atomic mass is 9.89. The molecular weight excluding hydrogens is 336 g/mol. The van der Waals surface area contributed by atoms with Crippen LogP contribution in [-0.4, -0.2) is 35.3 Å². The van der Waals surface area contributed by atoms with Gasteiger partial charge in [-0.3, -0.25) is 9.59 Å². The Morgan fingerprint density at radius 3 is 2.88 bits per heavy atom. The first-order valence-corrected chi connectivity index (χ1v) is 8.33. The number of carboxylic acids is 1. The summed E-state index contributed by atoms with van der Waals surface area (Å²) in [6, 6.07) is 5.73. The van der Waals surface area contributed by atoms with Crippen molar-refractivity contribution in [1.82, 2.24) is 10.5 Å². The second kappa shape index (κ2) is 7.43. The Bertz CT molecular complexity index is 878. The van der Waals surface area contributed by atoms with Crippen LogP contribution in [0.15, 0.2) is 34.4 Å². The number of amides is 1. The lowest BCUT2D eigenvalue weighted by molar-refractivity contribution is -0.135. The van der Waals surface area contributed by atoms with E-state index in [1.807, 2.05) is 38.1 Å². The molecule has 1 aliphatic carbocycles. The standard InChI is InChI=1S/C19H20N2O5/c1-11(2)7-8-25-13-4-6-14-12(9-13)3-5-15-17(21-26-18(14)15)19(24)20-10-16(22)23/h4,6-7,9H,3,5,8,10H2,1-2H3,(H,20,24)(H,22,23). The van der Waals surface area contributed by atoms with Crippen LogP contribution in [0, 0.1) is 0 Å². The molecule has 7 heteroatoms. The molecule has 0 atom stereocenters. The number of aromatic nitrogens is 1. The maximum absolute atomic E-state index is 12.1. The van der Waals surface area contributed by atoms with Crippen molar-refractivity contribution in [2.75, 3.05) is 13.2 Å². The van der Waals surface area contributed by atoms with Crippen LogP contribution >= 0.6 is 0 Å². The first-order chi connectivity index (χ1) is 12.5. The largest absolute Gasteiger partial charge is 0.490 e. The van der Waals surface area contributed by atoms with E-state index in [0.29, 0.717) is 24.4 Å². The number of hydrogen-bond acceptors (Lipinski definition) is 5. The van der Waals surface area contributed by atoms with Gasteiger partial charge in [0, 0.05) is 11.1 Å². The maximum atomic E-state index is 12.1. The van der Waals surface area contributed by atoms with Crippen LogP contribution in [0.5, 0.6) is 5.75 Å². The van der Waals surface area contributed by atoms with Crippen LogP contribution in [-0.2, 0) is 17.6 Å². The highest BCUT2D eigenvalue weighted by Crippen LogP contribution is 2.37. The van der Waals surface area contributed by atoms with E-state index < -0.39 is 18.4 Å². The number of benzene rings is 1. The zero-order chi connectivity index (χ0) is 18.7. The van der Waals surface area contributed by atoms with E-state index >= 15 is 0 Å². The number of rotatable bonds is 6. The molecule has 1 heterocycles. The average Bonchev–Trinajstić information content (AvgIpc) is 3.03. The predicted molar refractivity (Wildman–Crippen MR) is 94.2 cm³/mol. The van der Waals surface area contributed by atoms with Crippen molar-refractivity contribution in [3.05, 3.63) is 46.7 Å². The van der Waals surface area contributed by atoms with Gasteiger partial charge >= 0.3 is 5.97 Å². The van der Waals surface area contributed by atoms with Crippen LogP contribution in [0.1, 0.15) is 35.5 Å². The van der Waals surface area contributed by atoms with Crippen LogP contribution in [0.25, 0.3) is 11.3 Å². The quantitative estimate of drug-likeness (QED) is 0.772. The molecule has 1 aromatic heterocycles. The van der Waals surface area contributed by atoms with Crippen molar-refractivity contribution in [1.29, 1.82) is 0 Å². The molecule has 3 rings (SSSR count). The molecule has 0 fully saturated rings. The Balaban J connectivity index is 1.80. The summed E-state index contributed by atoms with van der Waals surface area (Å²) in [6.45, 7) is 4.10. The molecule has 7 nitrogen and oxygen atoms in total. The molecule has 0 aliphatic heterocycles. The van der Waals surface area contributed by atoms with Crippen molar-refractivity contribution < 1.29 is 24.0 Å². The number of aryl methyl sites for hydroxylation is 1. The fourth-order valence-corrected chi connectivity index (χ4v) is 2.82. The van der Waals surface area contributed by atoms with Crippen LogP contribution in [0.4, 0.5) is 0 Å². The SMILES string of the molecule is CC(C)=CCOc1ccc2c(c1)CCc1c(C(=O)NCC(=O)O)noc1-2. The summed E-state index contributed by atoms with van der Waals surface area (Å²) in [7, 11) is 0. The molecule has 2 aromatic rings. The number of carboxylic acid groups (broad SMARTS) is 1. The molecule has 0 bridgehead atoms. The fourth-order valence-electron chi connectivity index (χ4n) is 2.82. The van der Waals surface area contributed by atoms with Gasteiger partial charge in [0.1, 0.15) is 18.9 Å². The number of allylic oxidation sites excluding steroid dienone is 1. The molecular formula is C19H20N2O5. The smallest absolute Gasteiger partial charge is 0.322 e. The number of nitrogens with zero attached hydrogens (tertiary/aromatic N) is 1. The van der Waals surface area contributed by atoms with Gasteiger partial charge in [-0.2, -0.15) is 0 Å². The zero-order valence-electron chi connectivity index (χ0n) is 14.7. The molecule has 136 valence electrons. The maximum Gasteiger partial charge on any atom is 0.322 e. The van der Waals surface area contributed by atoms with Gasteiger partial charge < -0.3 is 19.7 Å². The Morgan fingerprint density at radius 1 is 1.35 bits per heavy atom. The van der Waals surface area contributed by atoms with Crippen molar-refractivity contribution in [2.24, 2.45) is 0 Å². The van der Waals surface area contributed by atoms with E-state index in [-0.39, 0.29) is 5.69 Å². The molecule has 0 radical (unpaired) electrons. The van der Waals surface area contributed by atoms with Gasteiger partial charge in [-0.1, -0.05) is 10.7 Å². The minimum atomic E-state index is -1.11. The van der Waals surface area contributed by atoms with Gasteiger partial charge in [0.2, 0.25) is 0 Å². The van der Waals surface area contributed by atoms with Gasteiger partial charge in [0.05, 0.1) is 0 Å². The predicted octanol–water partition coefficient (Wildman–Crippen LogP) is 2.60. The molecule has 1 amide bonds. The first-order valence-electron chi connectivity index (χ1n) is 8.33. The highest BCUT2D eigenvalue weighted by Gasteiger charge is 2.28. The van der Waals surface area contributed by atoms with Gasteiger partial charge in [0.15, 0.2) is 11.5 Å². The van der Waals surface area contributed by atoms with Crippen LogP contribution in [0.3, 0.4) is 0 Å². The highest BCUT2D eigenvalue weighted by molar-refractivity contribution is 5.97. The summed E-state index contributed by atoms with van der Waals surface area (Å²) >= 11 is 0. The molecule has 1 aliphatic rings.